The molecule has 0 aliphatic carbocycles. The van der Waals surface area contributed by atoms with Crippen LogP contribution < -0.4 is 0 Å². The summed E-state index contributed by atoms with van der Waals surface area (Å²) in [6.07, 6.45) is 0. The molecule has 22 heavy (non-hydrogen) atoms. The number of hydrogen-bond acceptors (Lipinski definition) is 2. The zero-order valence-electron chi connectivity index (χ0n) is 11.8. The Morgan fingerprint density at radius 2 is 1.00 bits per heavy atom. The molecule has 6 heteroatoms. The maximum absolute atomic E-state index is 10.8. The quantitative estimate of drug-likeness (QED) is 0.568. The van der Waals surface area contributed by atoms with Crippen LogP contribution in [-0.2, 0) is 0 Å². The second-order valence-electron chi connectivity index (χ2n) is 4.36. The number of rotatable bonds is 2. The lowest BCUT2D eigenvalue weighted by Gasteiger charge is -1.98. The van der Waals surface area contributed by atoms with Crippen LogP contribution in [0.15, 0.2) is 36.4 Å². The first-order valence-electron chi connectivity index (χ1n) is 6.14. The van der Waals surface area contributed by atoms with E-state index in [2.05, 4.69) is 0 Å². The Hall–Kier alpha value is -1.06. The van der Waals surface area contributed by atoms with Gasteiger partial charge in [-0.1, -0.05) is 46.4 Å². The number of carbonyl (C=O) groups excluding carboxylic acids is 2. The van der Waals surface area contributed by atoms with Gasteiger partial charge in [0.15, 0.2) is 11.6 Å². The van der Waals surface area contributed by atoms with E-state index in [0.29, 0.717) is 31.2 Å². The normalized spacial score (nSPS) is 9.73. The molecule has 2 aromatic carbocycles. The summed E-state index contributed by atoms with van der Waals surface area (Å²) in [5.74, 6) is -0.0988. The molecule has 2 rings (SSSR count). The third-order valence-electron chi connectivity index (χ3n) is 2.62. The van der Waals surface area contributed by atoms with Crippen LogP contribution in [0.1, 0.15) is 34.6 Å². The second-order valence-corrected chi connectivity index (χ2v) is 6.05. The number of Topliss-reactive ketones (excluding diaryl/α,β-unsaturated/α-hetero) is 2. The molecule has 2 nitrogen and oxygen atoms in total. The van der Waals surface area contributed by atoms with Crippen molar-refractivity contribution >= 4 is 58.0 Å². The van der Waals surface area contributed by atoms with Crippen LogP contribution in [-0.4, -0.2) is 11.6 Å². The van der Waals surface area contributed by atoms with Gasteiger partial charge in [0.2, 0.25) is 0 Å². The van der Waals surface area contributed by atoms with E-state index in [-0.39, 0.29) is 11.6 Å². The SMILES string of the molecule is CC(=O)c1ccc(Cl)cc1Cl.CC(=O)c1ccc(Cl)cc1Cl. The molecule has 0 radical (unpaired) electrons. The van der Waals surface area contributed by atoms with E-state index in [1.54, 1.807) is 36.4 Å². The van der Waals surface area contributed by atoms with Crippen molar-refractivity contribution in [2.75, 3.05) is 0 Å². The molecule has 0 saturated carbocycles. The third kappa shape index (κ3) is 5.62. The van der Waals surface area contributed by atoms with Crippen LogP contribution in [0.2, 0.25) is 20.1 Å². The fraction of sp³-hybridized carbons (Fsp3) is 0.125. The number of carbonyl (C=O) groups is 2. The van der Waals surface area contributed by atoms with E-state index in [4.69, 9.17) is 46.4 Å². The monoisotopic (exact) mass is 376 g/mol. The Morgan fingerprint density at radius 1 is 0.682 bits per heavy atom. The van der Waals surface area contributed by atoms with Crippen molar-refractivity contribution in [3.05, 3.63) is 67.6 Å². The van der Waals surface area contributed by atoms with Crippen molar-refractivity contribution < 1.29 is 9.59 Å². The maximum Gasteiger partial charge on any atom is 0.161 e. The molecule has 0 spiro atoms. The van der Waals surface area contributed by atoms with Gasteiger partial charge in [-0.3, -0.25) is 9.59 Å². The summed E-state index contributed by atoms with van der Waals surface area (Å²) in [7, 11) is 0. The molecule has 0 heterocycles. The van der Waals surface area contributed by atoms with Crippen LogP contribution in [0.3, 0.4) is 0 Å². The van der Waals surface area contributed by atoms with Gasteiger partial charge in [0.1, 0.15) is 0 Å². The van der Waals surface area contributed by atoms with Gasteiger partial charge in [-0.15, -0.1) is 0 Å². The smallest absolute Gasteiger partial charge is 0.161 e. The molecular formula is C16H12Cl4O2. The van der Waals surface area contributed by atoms with Crippen molar-refractivity contribution in [1.82, 2.24) is 0 Å². The number of halogens is 4. The first-order chi connectivity index (χ1) is 10.2. The lowest BCUT2D eigenvalue weighted by Crippen LogP contribution is -1.91. The molecule has 0 aromatic heterocycles. The van der Waals surface area contributed by atoms with Gasteiger partial charge in [-0.25, -0.2) is 0 Å². The average Bonchev–Trinajstić information content (AvgIpc) is 2.38. The minimum atomic E-state index is -0.0494. The first-order valence-corrected chi connectivity index (χ1v) is 7.65. The predicted molar refractivity (Wildman–Crippen MR) is 92.9 cm³/mol. The zero-order valence-corrected chi connectivity index (χ0v) is 14.8. The second kappa shape index (κ2) is 8.54. The van der Waals surface area contributed by atoms with Crippen molar-refractivity contribution in [2.24, 2.45) is 0 Å². The largest absolute Gasteiger partial charge is 0.294 e. The summed E-state index contributed by atoms with van der Waals surface area (Å²) in [5.41, 5.74) is 1.02. The first kappa shape index (κ1) is 19.0. The minimum absolute atomic E-state index is 0.0494. The van der Waals surface area contributed by atoms with Gasteiger partial charge in [-0.05, 0) is 50.2 Å². The third-order valence-corrected chi connectivity index (χ3v) is 3.72. The summed E-state index contributed by atoms with van der Waals surface area (Å²) >= 11 is 22.7. The molecule has 0 bridgehead atoms. The molecule has 2 aromatic rings. The number of benzene rings is 2. The van der Waals surface area contributed by atoms with E-state index in [9.17, 15) is 9.59 Å². The molecule has 0 saturated heterocycles. The number of hydrogen-bond donors (Lipinski definition) is 0. The predicted octanol–water partition coefficient (Wildman–Crippen LogP) is 6.39. The van der Waals surface area contributed by atoms with Crippen LogP contribution >= 0.6 is 46.4 Å². The Kier molecular flexibility index (Phi) is 7.37. The van der Waals surface area contributed by atoms with E-state index in [0.717, 1.165) is 0 Å². The molecule has 0 N–H and O–H groups in total. The highest BCUT2D eigenvalue weighted by Gasteiger charge is 2.05. The zero-order chi connectivity index (χ0) is 16.9. The molecule has 116 valence electrons. The summed E-state index contributed by atoms with van der Waals surface area (Å²) in [6.45, 7) is 2.93. The lowest BCUT2D eigenvalue weighted by molar-refractivity contribution is 0.100. The number of ketones is 2. The fourth-order valence-electron chi connectivity index (χ4n) is 1.55. The van der Waals surface area contributed by atoms with E-state index in [1.807, 2.05) is 0 Å². The van der Waals surface area contributed by atoms with Crippen LogP contribution in [0.25, 0.3) is 0 Å². The Morgan fingerprint density at radius 3 is 1.23 bits per heavy atom. The standard InChI is InChI=1S/2C8H6Cl2O/c2*1-5(11)7-3-2-6(9)4-8(7)10/h2*2-4H,1H3. The summed E-state index contributed by atoms with van der Waals surface area (Å²) in [5, 5.41) is 1.90. The van der Waals surface area contributed by atoms with E-state index >= 15 is 0 Å². The van der Waals surface area contributed by atoms with Crippen LogP contribution in [0, 0.1) is 0 Å². The summed E-state index contributed by atoms with van der Waals surface area (Å²) in [4.78, 5) is 21.7. The Bertz CT molecular complexity index is 650. The summed E-state index contributed by atoms with van der Waals surface area (Å²) in [6, 6.07) is 9.63. The van der Waals surface area contributed by atoms with Gasteiger partial charge in [-0.2, -0.15) is 0 Å². The van der Waals surface area contributed by atoms with Gasteiger partial charge in [0.05, 0.1) is 10.0 Å². The van der Waals surface area contributed by atoms with Crippen LogP contribution in [0.5, 0.6) is 0 Å². The van der Waals surface area contributed by atoms with Crippen molar-refractivity contribution in [2.45, 2.75) is 13.8 Å². The Labute approximate surface area is 148 Å². The van der Waals surface area contributed by atoms with Gasteiger partial charge < -0.3 is 0 Å². The van der Waals surface area contributed by atoms with Gasteiger partial charge in [0.25, 0.3) is 0 Å². The van der Waals surface area contributed by atoms with E-state index < -0.39 is 0 Å². The van der Waals surface area contributed by atoms with Crippen molar-refractivity contribution in [3.63, 3.8) is 0 Å². The lowest BCUT2D eigenvalue weighted by atomic mass is 10.1. The molecule has 0 fully saturated rings. The molecule has 0 unspecified atom stereocenters. The van der Waals surface area contributed by atoms with Crippen molar-refractivity contribution in [1.29, 1.82) is 0 Å². The fourth-order valence-corrected chi connectivity index (χ4v) is 2.63. The molecule has 0 atom stereocenters. The Balaban J connectivity index is 0.000000220. The van der Waals surface area contributed by atoms with E-state index in [1.165, 1.54) is 13.8 Å². The highest BCUT2D eigenvalue weighted by molar-refractivity contribution is 6.37. The van der Waals surface area contributed by atoms with Crippen LogP contribution in [0.4, 0.5) is 0 Å². The van der Waals surface area contributed by atoms with Gasteiger partial charge >= 0.3 is 0 Å². The topological polar surface area (TPSA) is 34.1 Å². The minimum Gasteiger partial charge on any atom is -0.294 e. The highest BCUT2D eigenvalue weighted by atomic mass is 35.5. The van der Waals surface area contributed by atoms with Crippen molar-refractivity contribution in [3.8, 4) is 0 Å². The average molecular weight is 378 g/mol. The maximum atomic E-state index is 10.8. The molecule has 0 amide bonds. The summed E-state index contributed by atoms with van der Waals surface area (Å²) < 4.78 is 0. The highest BCUT2D eigenvalue weighted by Crippen LogP contribution is 2.21. The van der Waals surface area contributed by atoms with Gasteiger partial charge in [0, 0.05) is 21.2 Å². The molecule has 0 aliphatic heterocycles. The molecule has 0 aliphatic rings. The molecular weight excluding hydrogens is 366 g/mol.